The molecule has 1 aliphatic rings. The zero-order valence-electron chi connectivity index (χ0n) is 11.1. The maximum Gasteiger partial charge on any atom is 0.177 e. The molecule has 0 N–H and O–H groups in total. The van der Waals surface area contributed by atoms with Crippen molar-refractivity contribution in [2.75, 3.05) is 20.1 Å². The first-order valence-corrected chi connectivity index (χ1v) is 6.68. The van der Waals surface area contributed by atoms with Gasteiger partial charge in [0.25, 0.3) is 0 Å². The quantitative estimate of drug-likeness (QED) is 0.801. The Labute approximate surface area is 103 Å². The lowest BCUT2D eigenvalue weighted by molar-refractivity contribution is 0.250. The molecular formula is C12H23N5. The number of hydrogen-bond donors (Lipinski definition) is 0. The lowest BCUT2D eigenvalue weighted by atomic mass is 9.97. The SMILES string of the molecule is CCCC(C)n1nnc(C2CCN(C)CC2)n1. The van der Waals surface area contributed by atoms with Gasteiger partial charge in [0.15, 0.2) is 5.82 Å². The van der Waals surface area contributed by atoms with Gasteiger partial charge in [-0.1, -0.05) is 13.3 Å². The van der Waals surface area contributed by atoms with Gasteiger partial charge in [0, 0.05) is 5.92 Å². The third-order valence-corrected chi connectivity index (χ3v) is 3.63. The van der Waals surface area contributed by atoms with Crippen molar-refractivity contribution in [1.29, 1.82) is 0 Å². The Morgan fingerprint density at radius 1 is 1.35 bits per heavy atom. The van der Waals surface area contributed by atoms with Gasteiger partial charge in [-0.3, -0.25) is 0 Å². The van der Waals surface area contributed by atoms with E-state index in [2.05, 4.69) is 41.2 Å². The van der Waals surface area contributed by atoms with E-state index in [4.69, 9.17) is 0 Å². The summed E-state index contributed by atoms with van der Waals surface area (Å²) in [5.74, 6) is 1.45. The Hall–Kier alpha value is -0.970. The van der Waals surface area contributed by atoms with Crippen molar-refractivity contribution in [3.05, 3.63) is 5.82 Å². The summed E-state index contributed by atoms with van der Waals surface area (Å²) < 4.78 is 0. The molecule has 96 valence electrons. The molecule has 17 heavy (non-hydrogen) atoms. The van der Waals surface area contributed by atoms with Crippen LogP contribution in [0.15, 0.2) is 0 Å². The minimum Gasteiger partial charge on any atom is -0.306 e. The molecule has 1 atom stereocenters. The molecule has 0 amide bonds. The molecule has 0 spiro atoms. The molecule has 1 fully saturated rings. The van der Waals surface area contributed by atoms with Crippen molar-refractivity contribution in [2.24, 2.45) is 0 Å². The van der Waals surface area contributed by atoms with Crippen molar-refractivity contribution < 1.29 is 0 Å². The first kappa shape index (κ1) is 12.5. The first-order chi connectivity index (χ1) is 8.20. The van der Waals surface area contributed by atoms with Gasteiger partial charge in [0.05, 0.1) is 6.04 Å². The summed E-state index contributed by atoms with van der Waals surface area (Å²) >= 11 is 0. The standard InChI is InChI=1S/C12H23N5/c1-4-5-10(2)17-14-12(13-15-17)11-6-8-16(3)9-7-11/h10-11H,4-9H2,1-3H3. The Morgan fingerprint density at radius 2 is 2.06 bits per heavy atom. The fourth-order valence-electron chi connectivity index (χ4n) is 2.39. The van der Waals surface area contributed by atoms with Crippen LogP contribution in [0.5, 0.6) is 0 Å². The number of hydrogen-bond acceptors (Lipinski definition) is 4. The Kier molecular flexibility index (Phi) is 4.10. The van der Waals surface area contributed by atoms with Crippen LogP contribution < -0.4 is 0 Å². The van der Waals surface area contributed by atoms with E-state index < -0.39 is 0 Å². The van der Waals surface area contributed by atoms with Crippen molar-refractivity contribution in [1.82, 2.24) is 25.1 Å². The molecule has 1 saturated heterocycles. The maximum atomic E-state index is 4.55. The molecule has 0 saturated carbocycles. The van der Waals surface area contributed by atoms with Crippen LogP contribution in [0.2, 0.25) is 0 Å². The summed E-state index contributed by atoms with van der Waals surface area (Å²) in [4.78, 5) is 4.15. The number of likely N-dealkylation sites (tertiary alicyclic amines) is 1. The second kappa shape index (κ2) is 5.58. The number of tetrazole rings is 1. The fourth-order valence-corrected chi connectivity index (χ4v) is 2.39. The van der Waals surface area contributed by atoms with Crippen LogP contribution in [-0.4, -0.2) is 45.2 Å². The average molecular weight is 237 g/mol. The Balaban J connectivity index is 1.98. The lowest BCUT2D eigenvalue weighted by Crippen LogP contribution is -2.29. The molecule has 1 unspecified atom stereocenters. The van der Waals surface area contributed by atoms with E-state index >= 15 is 0 Å². The monoisotopic (exact) mass is 237 g/mol. The van der Waals surface area contributed by atoms with E-state index in [0.29, 0.717) is 12.0 Å². The third-order valence-electron chi connectivity index (χ3n) is 3.63. The van der Waals surface area contributed by atoms with Gasteiger partial charge in [-0.2, -0.15) is 4.80 Å². The van der Waals surface area contributed by atoms with Crippen LogP contribution >= 0.6 is 0 Å². The average Bonchev–Trinajstić information content (AvgIpc) is 2.80. The summed E-state index contributed by atoms with van der Waals surface area (Å²) in [7, 11) is 2.17. The zero-order valence-corrected chi connectivity index (χ0v) is 11.1. The molecule has 2 heterocycles. The molecule has 0 aromatic carbocycles. The van der Waals surface area contributed by atoms with Gasteiger partial charge < -0.3 is 4.90 Å². The van der Waals surface area contributed by atoms with E-state index in [9.17, 15) is 0 Å². The summed E-state index contributed by atoms with van der Waals surface area (Å²) in [6, 6.07) is 0.368. The highest BCUT2D eigenvalue weighted by Gasteiger charge is 2.22. The van der Waals surface area contributed by atoms with Crippen LogP contribution in [0.4, 0.5) is 0 Å². The maximum absolute atomic E-state index is 4.55. The molecule has 2 rings (SSSR count). The number of piperidine rings is 1. The molecule has 1 aromatic rings. The van der Waals surface area contributed by atoms with E-state index in [1.807, 2.05) is 0 Å². The van der Waals surface area contributed by atoms with Gasteiger partial charge in [-0.25, -0.2) is 0 Å². The fraction of sp³-hybridized carbons (Fsp3) is 0.917. The molecule has 0 radical (unpaired) electrons. The topological polar surface area (TPSA) is 46.8 Å². The van der Waals surface area contributed by atoms with E-state index in [0.717, 1.165) is 44.6 Å². The second-order valence-electron chi connectivity index (χ2n) is 5.18. The highest BCUT2D eigenvalue weighted by Crippen LogP contribution is 2.24. The highest BCUT2D eigenvalue weighted by molar-refractivity contribution is 4.94. The van der Waals surface area contributed by atoms with Crippen LogP contribution in [0, 0.1) is 0 Å². The largest absolute Gasteiger partial charge is 0.306 e. The first-order valence-electron chi connectivity index (χ1n) is 6.68. The summed E-state index contributed by atoms with van der Waals surface area (Å²) in [6.45, 7) is 6.63. The van der Waals surface area contributed by atoms with E-state index in [1.165, 1.54) is 0 Å². The summed E-state index contributed by atoms with van der Waals surface area (Å²) in [5.41, 5.74) is 0. The predicted octanol–water partition coefficient (Wildman–Crippen LogP) is 1.84. The molecule has 1 aliphatic heterocycles. The van der Waals surface area contributed by atoms with E-state index in [-0.39, 0.29) is 0 Å². The minimum absolute atomic E-state index is 0.368. The van der Waals surface area contributed by atoms with Crippen molar-refractivity contribution in [3.63, 3.8) is 0 Å². The Morgan fingerprint density at radius 3 is 2.71 bits per heavy atom. The minimum atomic E-state index is 0.368. The third kappa shape index (κ3) is 3.03. The second-order valence-corrected chi connectivity index (χ2v) is 5.18. The molecule has 0 bridgehead atoms. The van der Waals surface area contributed by atoms with Crippen molar-refractivity contribution in [2.45, 2.75) is 51.5 Å². The number of rotatable bonds is 4. The van der Waals surface area contributed by atoms with Crippen LogP contribution in [-0.2, 0) is 0 Å². The van der Waals surface area contributed by atoms with Gasteiger partial charge in [0.1, 0.15) is 0 Å². The molecule has 5 nitrogen and oxygen atoms in total. The lowest BCUT2D eigenvalue weighted by Gasteiger charge is -2.26. The summed E-state index contributed by atoms with van der Waals surface area (Å²) in [5, 5.41) is 13.0. The number of nitrogens with zero attached hydrogens (tertiary/aromatic N) is 5. The van der Waals surface area contributed by atoms with Gasteiger partial charge in [0.2, 0.25) is 0 Å². The Bertz CT molecular complexity index is 340. The number of aromatic nitrogens is 4. The predicted molar refractivity (Wildman–Crippen MR) is 66.9 cm³/mol. The van der Waals surface area contributed by atoms with Crippen LogP contribution in [0.25, 0.3) is 0 Å². The van der Waals surface area contributed by atoms with Crippen molar-refractivity contribution in [3.8, 4) is 0 Å². The van der Waals surface area contributed by atoms with Gasteiger partial charge in [-0.15, -0.1) is 10.2 Å². The summed E-state index contributed by atoms with van der Waals surface area (Å²) in [6.07, 6.45) is 4.59. The molecule has 0 aliphatic carbocycles. The van der Waals surface area contributed by atoms with Crippen LogP contribution in [0.1, 0.15) is 57.3 Å². The van der Waals surface area contributed by atoms with Crippen LogP contribution in [0.3, 0.4) is 0 Å². The van der Waals surface area contributed by atoms with Gasteiger partial charge >= 0.3 is 0 Å². The molecule has 5 heteroatoms. The highest BCUT2D eigenvalue weighted by atomic mass is 15.6. The molecule has 1 aromatic heterocycles. The smallest absolute Gasteiger partial charge is 0.177 e. The molecular weight excluding hydrogens is 214 g/mol. The zero-order chi connectivity index (χ0) is 12.3. The van der Waals surface area contributed by atoms with Gasteiger partial charge in [-0.05, 0) is 51.5 Å². The van der Waals surface area contributed by atoms with E-state index in [1.54, 1.807) is 4.80 Å². The van der Waals surface area contributed by atoms with Crippen molar-refractivity contribution >= 4 is 0 Å². The normalized spacial score (nSPS) is 20.6.